The third kappa shape index (κ3) is 9.76. The van der Waals surface area contributed by atoms with Crippen molar-refractivity contribution in [2.45, 2.75) is 20.8 Å². The summed E-state index contributed by atoms with van der Waals surface area (Å²) in [4.78, 5) is 20.7. The van der Waals surface area contributed by atoms with Crippen molar-refractivity contribution in [1.29, 1.82) is 0 Å². The van der Waals surface area contributed by atoms with Gasteiger partial charge in [0, 0.05) is 4.70 Å². The second kappa shape index (κ2) is 11.0. The standard InChI is InChI=1S/C9H6OS.C4H10.C3H7NO2/c10-6-8-5-7-3-1-2-4-9(7)11-8;1-4(2)3;1-4-2-3(5)6/h1-6H;4H,1-3H3;4H,2H2,1H3,(H,5,6). The summed E-state index contributed by atoms with van der Waals surface area (Å²) in [5.74, 6) is 0.0116. The minimum atomic E-state index is -0.822. The van der Waals surface area contributed by atoms with Gasteiger partial charge in [0.15, 0.2) is 6.29 Å². The van der Waals surface area contributed by atoms with E-state index in [1.54, 1.807) is 7.05 Å². The van der Waals surface area contributed by atoms with Gasteiger partial charge in [-0.15, -0.1) is 11.3 Å². The van der Waals surface area contributed by atoms with Gasteiger partial charge < -0.3 is 10.4 Å². The number of carboxylic acids is 1. The highest BCUT2D eigenvalue weighted by Crippen LogP contribution is 2.23. The molecule has 0 aliphatic heterocycles. The molecule has 0 aliphatic rings. The van der Waals surface area contributed by atoms with E-state index in [-0.39, 0.29) is 6.54 Å². The number of nitrogens with one attached hydrogen (secondary N) is 1. The molecule has 0 radical (unpaired) electrons. The third-order valence-electron chi connectivity index (χ3n) is 1.89. The molecule has 0 atom stereocenters. The summed E-state index contributed by atoms with van der Waals surface area (Å²) < 4.78 is 1.18. The summed E-state index contributed by atoms with van der Waals surface area (Å²) >= 11 is 1.53. The summed E-state index contributed by atoms with van der Waals surface area (Å²) in [5, 5.41) is 11.5. The van der Waals surface area contributed by atoms with Crippen LogP contribution in [0.2, 0.25) is 0 Å². The second-order valence-corrected chi connectivity index (χ2v) is 6.08. The molecule has 116 valence electrons. The van der Waals surface area contributed by atoms with Crippen LogP contribution in [0.4, 0.5) is 0 Å². The number of carbonyl (C=O) groups is 2. The molecule has 4 nitrogen and oxygen atoms in total. The average molecular weight is 309 g/mol. The molecule has 0 fully saturated rings. The maximum atomic E-state index is 10.4. The summed E-state index contributed by atoms with van der Waals surface area (Å²) in [5.41, 5.74) is 0. The number of hydrogen-bond donors (Lipinski definition) is 2. The fraction of sp³-hybridized carbons (Fsp3) is 0.375. The predicted molar refractivity (Wildman–Crippen MR) is 89.3 cm³/mol. The van der Waals surface area contributed by atoms with Crippen LogP contribution < -0.4 is 5.32 Å². The van der Waals surface area contributed by atoms with Crippen molar-refractivity contribution in [2.75, 3.05) is 13.6 Å². The van der Waals surface area contributed by atoms with Crippen LogP contribution in [0.3, 0.4) is 0 Å². The maximum Gasteiger partial charge on any atom is 0.317 e. The van der Waals surface area contributed by atoms with E-state index in [1.807, 2.05) is 30.3 Å². The maximum absolute atomic E-state index is 10.4. The zero-order chi connectivity index (χ0) is 16.3. The van der Waals surface area contributed by atoms with Crippen LogP contribution in [0, 0.1) is 5.92 Å². The summed E-state index contributed by atoms with van der Waals surface area (Å²) in [6.45, 7) is 6.54. The molecule has 0 amide bonds. The molecule has 1 aromatic carbocycles. The number of fused-ring (bicyclic) bond motifs is 1. The van der Waals surface area contributed by atoms with Crippen molar-refractivity contribution >= 4 is 33.7 Å². The van der Waals surface area contributed by atoms with E-state index in [4.69, 9.17) is 5.11 Å². The smallest absolute Gasteiger partial charge is 0.317 e. The third-order valence-corrected chi connectivity index (χ3v) is 2.93. The monoisotopic (exact) mass is 309 g/mol. The van der Waals surface area contributed by atoms with E-state index < -0.39 is 5.97 Å². The molecule has 2 N–H and O–H groups in total. The Labute approximate surface area is 129 Å². The molecule has 0 spiro atoms. The Hall–Kier alpha value is -1.72. The molecule has 5 heteroatoms. The SMILES string of the molecule is CC(C)C.CNCC(=O)O.O=Cc1cc2ccccc2s1. The van der Waals surface area contributed by atoms with E-state index in [1.165, 1.54) is 16.0 Å². The zero-order valence-corrected chi connectivity index (χ0v) is 13.7. The van der Waals surface area contributed by atoms with Crippen molar-refractivity contribution in [3.63, 3.8) is 0 Å². The highest BCUT2D eigenvalue weighted by molar-refractivity contribution is 7.20. The largest absolute Gasteiger partial charge is 0.480 e. The quantitative estimate of drug-likeness (QED) is 0.849. The van der Waals surface area contributed by atoms with E-state index in [0.717, 1.165) is 22.5 Å². The fourth-order valence-corrected chi connectivity index (χ4v) is 2.09. The number of carbonyl (C=O) groups excluding carboxylic acids is 1. The van der Waals surface area contributed by atoms with E-state index in [9.17, 15) is 9.59 Å². The first kappa shape index (κ1) is 19.3. The number of hydrogen-bond acceptors (Lipinski definition) is 4. The van der Waals surface area contributed by atoms with Crippen molar-refractivity contribution < 1.29 is 14.7 Å². The van der Waals surface area contributed by atoms with Gasteiger partial charge in [0.1, 0.15) is 0 Å². The van der Waals surface area contributed by atoms with Crippen LogP contribution in [0.5, 0.6) is 0 Å². The first-order chi connectivity index (χ1) is 9.90. The lowest BCUT2D eigenvalue weighted by molar-refractivity contribution is -0.135. The lowest BCUT2D eigenvalue weighted by Crippen LogP contribution is -2.16. The molecule has 2 rings (SSSR count). The van der Waals surface area contributed by atoms with Gasteiger partial charge >= 0.3 is 5.97 Å². The van der Waals surface area contributed by atoms with Gasteiger partial charge in [0.25, 0.3) is 0 Å². The Morgan fingerprint density at radius 1 is 1.33 bits per heavy atom. The molecule has 0 unspecified atom stereocenters. The first-order valence-corrected chi connectivity index (χ1v) is 7.52. The normalized spacial score (nSPS) is 9.38. The van der Waals surface area contributed by atoms with Crippen molar-refractivity contribution in [3.8, 4) is 0 Å². The van der Waals surface area contributed by atoms with Gasteiger partial charge in [0.2, 0.25) is 0 Å². The van der Waals surface area contributed by atoms with Crippen LogP contribution >= 0.6 is 11.3 Å². The Balaban J connectivity index is 0.000000342. The molecule has 21 heavy (non-hydrogen) atoms. The van der Waals surface area contributed by atoms with Crippen molar-refractivity contribution in [3.05, 3.63) is 35.2 Å². The Bertz CT molecular complexity index is 513. The number of aliphatic carboxylic acids is 1. The van der Waals surface area contributed by atoms with E-state index >= 15 is 0 Å². The molecule has 1 aromatic heterocycles. The Morgan fingerprint density at radius 3 is 2.29 bits per heavy atom. The number of rotatable bonds is 3. The molecular weight excluding hydrogens is 286 g/mol. The number of carboxylic acid groups (broad SMARTS) is 1. The number of likely N-dealkylation sites (N-methyl/N-ethyl adjacent to an activating group) is 1. The highest BCUT2D eigenvalue weighted by Gasteiger charge is 1.97. The minimum absolute atomic E-state index is 0.0417. The van der Waals surface area contributed by atoms with Crippen LogP contribution in [-0.4, -0.2) is 31.0 Å². The lowest BCUT2D eigenvalue weighted by Gasteiger charge is -1.84. The van der Waals surface area contributed by atoms with E-state index in [2.05, 4.69) is 26.1 Å². The van der Waals surface area contributed by atoms with Gasteiger partial charge in [-0.05, 0) is 30.5 Å². The molecule has 0 saturated carbocycles. The predicted octanol–water partition coefficient (Wildman–Crippen LogP) is 3.67. The number of benzene rings is 1. The topological polar surface area (TPSA) is 66.4 Å². The first-order valence-electron chi connectivity index (χ1n) is 6.70. The van der Waals surface area contributed by atoms with Crippen LogP contribution in [0.1, 0.15) is 30.4 Å². The molecule has 0 aliphatic carbocycles. The molecule has 0 saturated heterocycles. The van der Waals surface area contributed by atoms with Gasteiger partial charge in [-0.2, -0.15) is 0 Å². The lowest BCUT2D eigenvalue weighted by atomic mass is 10.2. The van der Waals surface area contributed by atoms with Crippen LogP contribution in [0.25, 0.3) is 10.1 Å². The summed E-state index contributed by atoms with van der Waals surface area (Å²) in [6.07, 6.45) is 0.894. The van der Waals surface area contributed by atoms with Gasteiger partial charge in [-0.25, -0.2) is 0 Å². The Kier molecular flexibility index (Phi) is 10.1. The number of aldehydes is 1. The minimum Gasteiger partial charge on any atom is -0.480 e. The molecule has 0 bridgehead atoms. The summed E-state index contributed by atoms with van der Waals surface area (Å²) in [6, 6.07) is 9.90. The zero-order valence-electron chi connectivity index (χ0n) is 12.9. The fourth-order valence-electron chi connectivity index (χ4n) is 1.21. The van der Waals surface area contributed by atoms with Crippen molar-refractivity contribution in [2.24, 2.45) is 5.92 Å². The van der Waals surface area contributed by atoms with Gasteiger partial charge in [-0.3, -0.25) is 9.59 Å². The van der Waals surface area contributed by atoms with Crippen LogP contribution in [0.15, 0.2) is 30.3 Å². The summed E-state index contributed by atoms with van der Waals surface area (Å²) in [7, 11) is 1.59. The van der Waals surface area contributed by atoms with Gasteiger partial charge in [-0.1, -0.05) is 39.0 Å². The van der Waals surface area contributed by atoms with Gasteiger partial charge in [0.05, 0.1) is 11.4 Å². The Morgan fingerprint density at radius 2 is 1.90 bits per heavy atom. The number of thiophene rings is 1. The molecule has 2 aromatic rings. The van der Waals surface area contributed by atoms with Crippen molar-refractivity contribution in [1.82, 2.24) is 5.32 Å². The molecular formula is C16H23NO3S. The molecule has 1 heterocycles. The second-order valence-electron chi connectivity index (χ2n) is 4.96. The van der Waals surface area contributed by atoms with E-state index in [0.29, 0.717) is 0 Å². The average Bonchev–Trinajstić information content (AvgIpc) is 2.81. The highest BCUT2D eigenvalue weighted by atomic mass is 32.1. The van der Waals surface area contributed by atoms with Crippen LogP contribution in [-0.2, 0) is 4.79 Å².